The summed E-state index contributed by atoms with van der Waals surface area (Å²) in [4.78, 5) is 22.2. The molecule has 1 aliphatic heterocycles. The molecule has 0 aromatic rings. The summed E-state index contributed by atoms with van der Waals surface area (Å²) in [6.45, 7) is 1.44. The van der Waals surface area contributed by atoms with Gasteiger partial charge >= 0.3 is 0 Å². The Morgan fingerprint density at radius 2 is 1.92 bits per heavy atom. The van der Waals surface area contributed by atoms with Gasteiger partial charge in [0.05, 0.1) is 4.58 Å². The monoisotopic (exact) mass is 219 g/mol. The zero-order valence-electron chi connectivity index (χ0n) is 7.49. The van der Waals surface area contributed by atoms with Crippen molar-refractivity contribution in [2.45, 2.75) is 17.9 Å². The highest BCUT2D eigenvalue weighted by molar-refractivity contribution is 8.17. The van der Waals surface area contributed by atoms with Crippen LogP contribution in [-0.4, -0.2) is 27.8 Å². The summed E-state index contributed by atoms with van der Waals surface area (Å²) >= 11 is 3.34. The Balaban J connectivity index is 2.62. The predicted octanol–water partition coefficient (Wildman–Crippen LogP) is 0.873. The summed E-state index contributed by atoms with van der Waals surface area (Å²) in [7, 11) is 0. The van der Waals surface area contributed by atoms with Crippen molar-refractivity contribution in [2.24, 2.45) is 11.7 Å². The lowest BCUT2D eigenvalue weighted by atomic mass is 10.1. The second kappa shape index (κ2) is 4.91. The number of carbonyl (C=O) groups excluding carboxylic acids is 2. The molecule has 5 heteroatoms. The minimum atomic E-state index is -0.602. The van der Waals surface area contributed by atoms with E-state index in [1.54, 1.807) is 23.5 Å². The van der Waals surface area contributed by atoms with Crippen LogP contribution >= 0.6 is 23.5 Å². The van der Waals surface area contributed by atoms with Crippen LogP contribution in [0.25, 0.3) is 0 Å². The summed E-state index contributed by atoms with van der Waals surface area (Å²) in [5.41, 5.74) is 5.18. The van der Waals surface area contributed by atoms with Gasteiger partial charge in [-0.05, 0) is 24.9 Å². The number of ketones is 1. The Morgan fingerprint density at radius 3 is 2.31 bits per heavy atom. The van der Waals surface area contributed by atoms with E-state index in [2.05, 4.69) is 0 Å². The number of amides is 1. The van der Waals surface area contributed by atoms with Crippen molar-refractivity contribution in [3.63, 3.8) is 0 Å². The van der Waals surface area contributed by atoms with Crippen LogP contribution in [-0.2, 0) is 9.59 Å². The lowest BCUT2D eigenvalue weighted by Crippen LogP contribution is -2.36. The fourth-order valence-electron chi connectivity index (χ4n) is 1.22. The molecule has 0 aromatic heterocycles. The Morgan fingerprint density at radius 1 is 1.38 bits per heavy atom. The molecule has 0 bridgehead atoms. The van der Waals surface area contributed by atoms with E-state index >= 15 is 0 Å². The van der Waals surface area contributed by atoms with Gasteiger partial charge in [-0.25, -0.2) is 0 Å². The first-order valence-corrected chi connectivity index (χ1v) is 6.25. The maximum atomic E-state index is 11.2. The minimum Gasteiger partial charge on any atom is -0.369 e. The highest BCUT2D eigenvalue weighted by Crippen LogP contribution is 2.36. The lowest BCUT2D eigenvalue weighted by molar-refractivity contribution is -0.130. The van der Waals surface area contributed by atoms with Gasteiger partial charge in [-0.3, -0.25) is 9.59 Å². The molecule has 1 aliphatic rings. The fourth-order valence-corrected chi connectivity index (χ4v) is 4.49. The van der Waals surface area contributed by atoms with Crippen molar-refractivity contribution < 1.29 is 9.59 Å². The molecule has 2 N–H and O–H groups in total. The molecule has 1 amide bonds. The molecule has 0 radical (unpaired) electrons. The van der Waals surface area contributed by atoms with Crippen molar-refractivity contribution >= 4 is 35.2 Å². The van der Waals surface area contributed by atoms with Crippen LogP contribution in [0.5, 0.6) is 0 Å². The van der Waals surface area contributed by atoms with Crippen LogP contribution in [0.3, 0.4) is 0 Å². The van der Waals surface area contributed by atoms with Crippen molar-refractivity contribution in [1.29, 1.82) is 0 Å². The Hall–Kier alpha value is -0.160. The maximum Gasteiger partial charge on any atom is 0.229 e. The zero-order valence-corrected chi connectivity index (χ0v) is 9.12. The molecule has 0 saturated carbocycles. The van der Waals surface area contributed by atoms with Crippen LogP contribution in [0.15, 0.2) is 0 Å². The molecule has 1 atom stereocenters. The molecular weight excluding hydrogens is 206 g/mol. The summed E-state index contributed by atoms with van der Waals surface area (Å²) in [5, 5.41) is 0. The molecule has 0 aromatic carbocycles. The third-order valence-electron chi connectivity index (χ3n) is 1.87. The Bertz CT molecular complexity index is 200. The second-order valence-corrected chi connectivity index (χ2v) is 5.75. The van der Waals surface area contributed by atoms with Gasteiger partial charge in [0.15, 0.2) is 0 Å². The van der Waals surface area contributed by atoms with E-state index in [0.717, 1.165) is 17.9 Å². The van der Waals surface area contributed by atoms with Crippen LogP contribution < -0.4 is 5.73 Å². The number of hydrogen-bond acceptors (Lipinski definition) is 4. The second-order valence-electron chi connectivity index (χ2n) is 2.95. The average molecular weight is 219 g/mol. The molecule has 3 nitrogen and oxygen atoms in total. The van der Waals surface area contributed by atoms with Gasteiger partial charge in [-0.2, -0.15) is 0 Å². The van der Waals surface area contributed by atoms with Gasteiger partial charge in [0, 0.05) is 0 Å². The first kappa shape index (κ1) is 10.9. The van der Waals surface area contributed by atoms with Crippen LogP contribution in [0.4, 0.5) is 0 Å². The summed E-state index contributed by atoms with van der Waals surface area (Å²) < 4.78 is 0.0451. The van der Waals surface area contributed by atoms with Gasteiger partial charge in [-0.15, -0.1) is 23.5 Å². The first-order chi connectivity index (χ1) is 6.13. The molecule has 74 valence electrons. The number of thioether (sulfide) groups is 2. The number of carbonyl (C=O) groups is 2. The van der Waals surface area contributed by atoms with E-state index < -0.39 is 11.8 Å². The van der Waals surface area contributed by atoms with E-state index in [-0.39, 0.29) is 10.4 Å². The third kappa shape index (κ3) is 2.91. The molecule has 13 heavy (non-hydrogen) atoms. The SMILES string of the molecule is CC(=O)C(C(N)=O)C1SCCCS1. The van der Waals surface area contributed by atoms with Gasteiger partial charge in [-0.1, -0.05) is 0 Å². The first-order valence-electron chi connectivity index (χ1n) is 4.16. The van der Waals surface area contributed by atoms with E-state index in [1.165, 1.54) is 6.92 Å². The van der Waals surface area contributed by atoms with Crippen LogP contribution in [0.2, 0.25) is 0 Å². The Kier molecular flexibility index (Phi) is 4.12. The van der Waals surface area contributed by atoms with Crippen molar-refractivity contribution in [2.75, 3.05) is 11.5 Å². The Labute approximate surface area is 86.2 Å². The standard InChI is InChI=1S/C8H13NO2S2/c1-5(10)6(7(9)11)8-12-3-2-4-13-8/h6,8H,2-4H2,1H3,(H2,9,11). The topological polar surface area (TPSA) is 60.2 Å². The normalized spacial score (nSPS) is 21.0. The molecule has 1 rings (SSSR count). The quantitative estimate of drug-likeness (QED) is 0.716. The number of primary amides is 1. The largest absolute Gasteiger partial charge is 0.369 e. The molecule has 1 unspecified atom stereocenters. The predicted molar refractivity (Wildman–Crippen MR) is 56.7 cm³/mol. The zero-order chi connectivity index (χ0) is 9.84. The van der Waals surface area contributed by atoms with Crippen LogP contribution in [0, 0.1) is 5.92 Å². The summed E-state index contributed by atoms with van der Waals surface area (Å²) in [6.07, 6.45) is 1.15. The summed E-state index contributed by atoms with van der Waals surface area (Å²) in [5.74, 6) is 0.845. The van der Waals surface area contributed by atoms with Gasteiger partial charge in [0.2, 0.25) is 5.91 Å². The maximum absolute atomic E-state index is 11.2. The number of Topliss-reactive ketones (excluding diaryl/α,β-unsaturated/α-hetero) is 1. The van der Waals surface area contributed by atoms with E-state index in [1.807, 2.05) is 0 Å². The fraction of sp³-hybridized carbons (Fsp3) is 0.750. The number of hydrogen-bond donors (Lipinski definition) is 1. The molecule has 1 saturated heterocycles. The third-order valence-corrected chi connectivity index (χ3v) is 4.94. The van der Waals surface area contributed by atoms with Crippen molar-refractivity contribution in [3.05, 3.63) is 0 Å². The smallest absolute Gasteiger partial charge is 0.229 e. The van der Waals surface area contributed by atoms with Gasteiger partial charge in [0.1, 0.15) is 11.7 Å². The molecular formula is C8H13NO2S2. The van der Waals surface area contributed by atoms with Crippen molar-refractivity contribution in [3.8, 4) is 0 Å². The van der Waals surface area contributed by atoms with E-state index in [9.17, 15) is 9.59 Å². The van der Waals surface area contributed by atoms with E-state index in [4.69, 9.17) is 5.73 Å². The minimum absolute atomic E-state index is 0.0451. The van der Waals surface area contributed by atoms with Crippen molar-refractivity contribution in [1.82, 2.24) is 0 Å². The highest BCUT2D eigenvalue weighted by Gasteiger charge is 2.32. The highest BCUT2D eigenvalue weighted by atomic mass is 32.2. The van der Waals surface area contributed by atoms with Gasteiger partial charge in [0.25, 0.3) is 0 Å². The average Bonchev–Trinajstić information content (AvgIpc) is 2.04. The summed E-state index contributed by atoms with van der Waals surface area (Å²) in [6, 6.07) is 0. The van der Waals surface area contributed by atoms with Crippen LogP contribution in [0.1, 0.15) is 13.3 Å². The molecule has 0 spiro atoms. The number of rotatable bonds is 3. The lowest BCUT2D eigenvalue weighted by Gasteiger charge is -2.25. The molecule has 1 fully saturated rings. The van der Waals surface area contributed by atoms with Gasteiger partial charge < -0.3 is 5.73 Å². The number of nitrogens with two attached hydrogens (primary N) is 1. The van der Waals surface area contributed by atoms with E-state index in [0.29, 0.717) is 0 Å². The molecule has 0 aliphatic carbocycles. The molecule has 1 heterocycles.